The molecule has 36 heavy (non-hydrogen) atoms. The summed E-state index contributed by atoms with van der Waals surface area (Å²) in [5.41, 5.74) is 8.30. The van der Waals surface area contributed by atoms with Crippen LogP contribution in [0.15, 0.2) is 42.5 Å². The van der Waals surface area contributed by atoms with Crippen LogP contribution in [0.5, 0.6) is 0 Å². The molecule has 0 unspecified atom stereocenters. The number of carbonyl (C=O) groups is 1. The molecule has 4 N–H and O–H groups in total. The number of piperazine rings is 1. The number of methoxy groups -OCH3 is 1. The third kappa shape index (κ3) is 5.90. The highest BCUT2D eigenvalue weighted by atomic mass is 32.1. The highest BCUT2D eigenvalue weighted by Crippen LogP contribution is 2.32. The molecule has 0 atom stereocenters. The number of hydrogen-bond donors (Lipinski definition) is 3. The summed E-state index contributed by atoms with van der Waals surface area (Å²) in [4.78, 5) is 33.3. The van der Waals surface area contributed by atoms with E-state index in [4.69, 9.17) is 10.5 Å². The predicted molar refractivity (Wildman–Crippen MR) is 143 cm³/mol. The molecule has 190 valence electrons. The van der Waals surface area contributed by atoms with Crippen molar-refractivity contribution in [3.8, 4) is 0 Å². The minimum Gasteiger partial charge on any atom is -0.383 e. The Morgan fingerprint density at radius 3 is 2.58 bits per heavy atom. The number of likely N-dealkylation sites (N-methyl/N-ethyl adjacent to an activating group) is 1. The molecule has 2 aromatic carbocycles. The van der Waals surface area contributed by atoms with Crippen LogP contribution in [0.4, 0.5) is 33.7 Å². The maximum absolute atomic E-state index is 13.1. The van der Waals surface area contributed by atoms with E-state index >= 15 is 0 Å². The summed E-state index contributed by atoms with van der Waals surface area (Å²) in [6.07, 6.45) is 0. The first-order valence-electron chi connectivity index (χ1n) is 11.5. The molecule has 1 fully saturated rings. The second kappa shape index (κ2) is 11.3. The maximum Gasteiger partial charge on any atom is 0.293 e. The molecule has 1 aliphatic rings. The topological polar surface area (TPSA) is 139 Å². The van der Waals surface area contributed by atoms with Gasteiger partial charge in [0.1, 0.15) is 16.4 Å². The average molecular weight is 512 g/mol. The molecule has 0 bridgehead atoms. The summed E-state index contributed by atoms with van der Waals surface area (Å²) in [6, 6.07) is 12.3. The van der Waals surface area contributed by atoms with Crippen LogP contribution in [0, 0.1) is 10.1 Å². The quantitative estimate of drug-likeness (QED) is 0.161. The zero-order chi connectivity index (χ0) is 25.7. The number of nitro groups is 1. The molecule has 0 amide bonds. The number of nitrogens with zero attached hydrogens (tertiary/aromatic N) is 4. The number of ketones is 1. The molecule has 1 saturated heterocycles. The number of aromatic nitrogens is 1. The number of nitro benzene ring substituents is 1. The van der Waals surface area contributed by atoms with E-state index in [1.165, 1.54) is 18.2 Å². The Morgan fingerprint density at radius 2 is 1.92 bits per heavy atom. The lowest BCUT2D eigenvalue weighted by atomic mass is 10.1. The molecule has 3 aromatic rings. The van der Waals surface area contributed by atoms with E-state index in [1.807, 2.05) is 12.1 Å². The second-order valence-electron chi connectivity index (χ2n) is 8.43. The van der Waals surface area contributed by atoms with Crippen molar-refractivity contribution >= 4 is 50.8 Å². The van der Waals surface area contributed by atoms with Crippen LogP contribution < -0.4 is 21.3 Å². The van der Waals surface area contributed by atoms with Gasteiger partial charge < -0.3 is 30.9 Å². The van der Waals surface area contributed by atoms with E-state index in [9.17, 15) is 14.9 Å². The van der Waals surface area contributed by atoms with Crippen molar-refractivity contribution in [2.24, 2.45) is 0 Å². The smallest absolute Gasteiger partial charge is 0.293 e. The first-order valence-corrected chi connectivity index (χ1v) is 12.3. The van der Waals surface area contributed by atoms with Gasteiger partial charge in [0, 0.05) is 62.8 Å². The third-order valence-electron chi connectivity index (χ3n) is 5.92. The third-order valence-corrected chi connectivity index (χ3v) is 6.91. The lowest BCUT2D eigenvalue weighted by molar-refractivity contribution is -0.384. The lowest BCUT2D eigenvalue weighted by Crippen LogP contribution is -2.44. The highest BCUT2D eigenvalue weighted by Gasteiger charge is 2.22. The highest BCUT2D eigenvalue weighted by molar-refractivity contribution is 7.18. The summed E-state index contributed by atoms with van der Waals surface area (Å²) in [5, 5.41) is 18.2. The molecule has 0 spiro atoms. The van der Waals surface area contributed by atoms with Gasteiger partial charge in [-0.3, -0.25) is 14.9 Å². The van der Waals surface area contributed by atoms with Gasteiger partial charge in [0.25, 0.3) is 5.69 Å². The Kier molecular flexibility index (Phi) is 7.98. The molecule has 12 heteroatoms. The summed E-state index contributed by atoms with van der Waals surface area (Å²) in [7, 11) is 3.67. The van der Waals surface area contributed by atoms with Gasteiger partial charge in [-0.25, -0.2) is 4.98 Å². The Morgan fingerprint density at radius 1 is 1.19 bits per heavy atom. The Bertz CT molecular complexity index is 1220. The Hall–Kier alpha value is -3.74. The van der Waals surface area contributed by atoms with Crippen molar-refractivity contribution in [1.82, 2.24) is 9.88 Å². The van der Waals surface area contributed by atoms with Crippen LogP contribution in [0.25, 0.3) is 0 Å². The molecular weight excluding hydrogens is 482 g/mol. The number of anilines is 5. The van der Waals surface area contributed by atoms with E-state index in [0.29, 0.717) is 24.0 Å². The number of rotatable bonds is 10. The minimum absolute atomic E-state index is 0.0755. The fourth-order valence-corrected chi connectivity index (χ4v) is 4.75. The fraction of sp³-hybridized carbons (Fsp3) is 0.333. The van der Waals surface area contributed by atoms with E-state index < -0.39 is 10.7 Å². The summed E-state index contributed by atoms with van der Waals surface area (Å²) < 4.78 is 4.96. The molecular formula is C24H29N7O4S. The number of ether oxygens (including phenoxy) is 1. The zero-order valence-corrected chi connectivity index (χ0v) is 21.0. The standard InChI is InChI=1S/C24H29N7O4S/c1-29-10-12-30(13-11-29)18-6-4-17(5-7-18)27-24-28-23(25)22(36-24)21(32)16-3-8-19(26-9-14-35-2)20(15-16)31(33)34/h3-8,15,26H,9-14,25H2,1-2H3,(H,27,28). The van der Waals surface area contributed by atoms with Gasteiger partial charge in [0.05, 0.1) is 11.5 Å². The predicted octanol–water partition coefficient (Wildman–Crippen LogP) is 3.42. The van der Waals surface area contributed by atoms with Crippen LogP contribution >= 0.6 is 11.3 Å². The minimum atomic E-state index is -0.527. The number of thiazole rings is 1. The van der Waals surface area contributed by atoms with E-state index in [0.717, 1.165) is 48.9 Å². The van der Waals surface area contributed by atoms with E-state index in [2.05, 4.69) is 44.6 Å². The molecule has 2 heterocycles. The number of benzene rings is 2. The normalized spacial score (nSPS) is 14.0. The Labute approximate surface area is 213 Å². The molecule has 11 nitrogen and oxygen atoms in total. The average Bonchev–Trinajstić information content (AvgIpc) is 3.24. The molecule has 0 radical (unpaired) electrons. The molecule has 1 aromatic heterocycles. The number of nitrogen functional groups attached to an aromatic ring is 1. The summed E-state index contributed by atoms with van der Waals surface area (Å²) >= 11 is 1.11. The maximum atomic E-state index is 13.1. The first-order chi connectivity index (χ1) is 17.4. The number of nitrogens with two attached hydrogens (primary N) is 1. The van der Waals surface area contributed by atoms with Gasteiger partial charge in [0.15, 0.2) is 5.13 Å². The Balaban J connectivity index is 1.46. The van der Waals surface area contributed by atoms with Gasteiger partial charge in [-0.05, 0) is 43.4 Å². The van der Waals surface area contributed by atoms with Gasteiger partial charge in [0.2, 0.25) is 5.78 Å². The van der Waals surface area contributed by atoms with Crippen molar-refractivity contribution < 1.29 is 14.5 Å². The zero-order valence-electron chi connectivity index (χ0n) is 20.2. The van der Waals surface area contributed by atoms with Crippen molar-refractivity contribution in [2.75, 3.05) is 74.8 Å². The second-order valence-corrected chi connectivity index (χ2v) is 9.43. The number of carbonyl (C=O) groups excluding carboxylic acids is 1. The van der Waals surface area contributed by atoms with Crippen LogP contribution in [0.1, 0.15) is 15.2 Å². The first kappa shape index (κ1) is 25.4. The largest absolute Gasteiger partial charge is 0.383 e. The van der Waals surface area contributed by atoms with Crippen molar-refractivity contribution in [3.05, 3.63) is 63.0 Å². The van der Waals surface area contributed by atoms with E-state index in [1.54, 1.807) is 7.11 Å². The molecule has 4 rings (SSSR count). The molecule has 0 saturated carbocycles. The van der Waals surface area contributed by atoms with Crippen molar-refractivity contribution in [3.63, 3.8) is 0 Å². The summed E-state index contributed by atoms with van der Waals surface area (Å²) in [5.74, 6) is -0.346. The summed E-state index contributed by atoms with van der Waals surface area (Å²) in [6.45, 7) is 4.83. The molecule has 1 aliphatic heterocycles. The van der Waals surface area contributed by atoms with Crippen molar-refractivity contribution in [2.45, 2.75) is 0 Å². The molecule has 0 aliphatic carbocycles. The van der Waals surface area contributed by atoms with Crippen LogP contribution in [0.2, 0.25) is 0 Å². The van der Waals surface area contributed by atoms with E-state index in [-0.39, 0.29) is 21.9 Å². The number of nitrogens with one attached hydrogen (secondary N) is 2. The lowest BCUT2D eigenvalue weighted by Gasteiger charge is -2.34. The van der Waals surface area contributed by atoms with Crippen LogP contribution in [-0.4, -0.2) is 74.1 Å². The van der Waals surface area contributed by atoms with Gasteiger partial charge in [-0.1, -0.05) is 11.3 Å². The fourth-order valence-electron chi connectivity index (χ4n) is 3.88. The monoisotopic (exact) mass is 511 g/mol. The van der Waals surface area contributed by atoms with Gasteiger partial charge in [-0.2, -0.15) is 0 Å². The van der Waals surface area contributed by atoms with Gasteiger partial charge >= 0.3 is 0 Å². The van der Waals surface area contributed by atoms with Gasteiger partial charge in [-0.15, -0.1) is 0 Å². The van der Waals surface area contributed by atoms with Crippen LogP contribution in [0.3, 0.4) is 0 Å². The number of hydrogen-bond acceptors (Lipinski definition) is 11. The SMILES string of the molecule is COCCNc1ccc(C(=O)c2sc(Nc3ccc(N4CCN(C)CC4)cc3)nc2N)cc1[N+](=O)[O-]. The van der Waals surface area contributed by atoms with Crippen LogP contribution in [-0.2, 0) is 4.74 Å². The van der Waals surface area contributed by atoms with Crippen molar-refractivity contribution in [1.29, 1.82) is 0 Å².